The summed E-state index contributed by atoms with van der Waals surface area (Å²) in [6, 6.07) is 8.36. The van der Waals surface area contributed by atoms with Crippen molar-refractivity contribution < 1.29 is 9.84 Å². The van der Waals surface area contributed by atoms with Gasteiger partial charge in [0.15, 0.2) is 0 Å². The third-order valence-corrected chi connectivity index (χ3v) is 13.4. The predicted octanol–water partition coefficient (Wildman–Crippen LogP) is 6.87. The second-order valence-electron chi connectivity index (χ2n) is 15.1. The smallest absolute Gasteiger partial charge is 0.0890 e. The van der Waals surface area contributed by atoms with E-state index in [0.29, 0.717) is 23.7 Å². The third-order valence-electron chi connectivity index (χ3n) is 13.4. The Morgan fingerprint density at radius 2 is 1.57 bits per heavy atom. The monoisotopic (exact) mass is 502 g/mol. The lowest BCUT2D eigenvalue weighted by Crippen LogP contribution is -2.66. The first-order valence-corrected chi connectivity index (χ1v) is 15.0. The third kappa shape index (κ3) is 2.98. The zero-order valence-electron chi connectivity index (χ0n) is 23.8. The molecule has 2 heterocycles. The molecule has 5 aliphatic rings. The summed E-state index contributed by atoms with van der Waals surface area (Å²) in [6.07, 6.45) is 8.86. The standard InChI is InChI=1S/C33H46N2O2/c1-29(2)25-13-16-31(4)26(30(25,3)19-23-28(29)35-22-11-8-7-10-21(22)34-23)18-24(36)27-20(12-15-32(27,31)5)33(6)14-9-17-37-33/h7-8,10-11,20,24-27,36H,9,12-19H2,1-6H3/t20-,24+,25-,26+,27-,30-,31+,32+,33-/m0/s1. The highest BCUT2D eigenvalue weighted by Crippen LogP contribution is 2.75. The lowest BCUT2D eigenvalue weighted by atomic mass is 9.35. The highest BCUT2D eigenvalue weighted by molar-refractivity contribution is 5.74. The molecule has 37 heavy (non-hydrogen) atoms. The minimum Gasteiger partial charge on any atom is -0.393 e. The number of fused-ring (bicyclic) bond motifs is 7. The van der Waals surface area contributed by atoms with Crippen LogP contribution in [0.5, 0.6) is 0 Å². The van der Waals surface area contributed by atoms with Crippen molar-refractivity contribution in [1.29, 1.82) is 0 Å². The summed E-state index contributed by atoms with van der Waals surface area (Å²) in [5, 5.41) is 12.0. The SMILES string of the molecule is CC1(C)c2nc3ccccc3nc2C[C@]2(C)[C@H]3C[C@@H](O)[C@@H]4[C@@H]([C@]5(C)CCCO5)CC[C@@]4(C)[C@]3(C)CC[C@@H]12. The summed E-state index contributed by atoms with van der Waals surface area (Å²) >= 11 is 0. The fourth-order valence-corrected chi connectivity index (χ4v) is 11.5. The zero-order valence-corrected chi connectivity index (χ0v) is 23.8. The molecular weight excluding hydrogens is 456 g/mol. The molecule has 1 N–H and O–H groups in total. The number of para-hydroxylation sites is 2. The van der Waals surface area contributed by atoms with Crippen LogP contribution in [0.3, 0.4) is 0 Å². The van der Waals surface area contributed by atoms with E-state index in [1.807, 2.05) is 0 Å². The predicted molar refractivity (Wildman–Crippen MR) is 147 cm³/mol. The van der Waals surface area contributed by atoms with Gasteiger partial charge in [0.2, 0.25) is 0 Å². The summed E-state index contributed by atoms with van der Waals surface area (Å²) in [6.45, 7) is 15.8. The summed E-state index contributed by atoms with van der Waals surface area (Å²) < 4.78 is 6.42. The van der Waals surface area contributed by atoms with Crippen LogP contribution in [0.25, 0.3) is 11.0 Å². The summed E-state index contributed by atoms with van der Waals surface area (Å²) in [5.41, 5.74) is 4.80. The number of nitrogens with zero attached hydrogens (tertiary/aromatic N) is 2. The van der Waals surface area contributed by atoms with Gasteiger partial charge >= 0.3 is 0 Å². The van der Waals surface area contributed by atoms with E-state index in [1.54, 1.807) is 0 Å². The van der Waals surface area contributed by atoms with Gasteiger partial charge in [-0.25, -0.2) is 9.97 Å². The normalized spacial score (nSPS) is 48.2. The minimum atomic E-state index is -0.251. The van der Waals surface area contributed by atoms with Gasteiger partial charge in [-0.15, -0.1) is 0 Å². The van der Waals surface area contributed by atoms with Crippen molar-refractivity contribution in [1.82, 2.24) is 9.97 Å². The molecule has 0 bridgehead atoms. The molecule has 4 heteroatoms. The Hall–Kier alpha value is -1.52. The van der Waals surface area contributed by atoms with Crippen LogP contribution < -0.4 is 0 Å². The van der Waals surface area contributed by atoms with E-state index in [9.17, 15) is 5.11 Å². The summed E-state index contributed by atoms with van der Waals surface area (Å²) in [7, 11) is 0. The lowest BCUT2D eigenvalue weighted by molar-refractivity contribution is -0.224. The molecule has 1 saturated heterocycles. The minimum absolute atomic E-state index is 0.0349. The van der Waals surface area contributed by atoms with Crippen LogP contribution in [-0.4, -0.2) is 33.4 Å². The van der Waals surface area contributed by atoms with Crippen LogP contribution in [-0.2, 0) is 16.6 Å². The average molecular weight is 503 g/mol. The first-order chi connectivity index (χ1) is 17.4. The van der Waals surface area contributed by atoms with E-state index < -0.39 is 0 Å². The van der Waals surface area contributed by atoms with Crippen LogP contribution in [0.1, 0.15) is 97.9 Å². The van der Waals surface area contributed by atoms with Crippen molar-refractivity contribution in [2.24, 2.45) is 39.9 Å². The average Bonchev–Trinajstić information content (AvgIpc) is 3.45. The topological polar surface area (TPSA) is 55.2 Å². The van der Waals surface area contributed by atoms with Crippen molar-refractivity contribution >= 4 is 11.0 Å². The van der Waals surface area contributed by atoms with Gasteiger partial charge in [-0.05, 0) is 110 Å². The molecule has 7 rings (SSSR count). The molecule has 0 radical (unpaired) electrons. The maximum atomic E-state index is 12.0. The first-order valence-electron chi connectivity index (χ1n) is 15.0. The van der Waals surface area contributed by atoms with Crippen LogP contribution in [0.2, 0.25) is 0 Å². The molecule has 9 atom stereocenters. The molecule has 0 spiro atoms. The highest BCUT2D eigenvalue weighted by Gasteiger charge is 2.71. The van der Waals surface area contributed by atoms with Gasteiger partial charge in [0.25, 0.3) is 0 Å². The van der Waals surface area contributed by atoms with Crippen LogP contribution >= 0.6 is 0 Å². The van der Waals surface area contributed by atoms with Gasteiger partial charge in [-0.2, -0.15) is 0 Å². The van der Waals surface area contributed by atoms with Crippen LogP contribution in [0.4, 0.5) is 0 Å². The second kappa shape index (κ2) is 7.56. The highest BCUT2D eigenvalue weighted by atomic mass is 16.5. The molecule has 1 aromatic carbocycles. The van der Waals surface area contributed by atoms with Crippen LogP contribution in [0, 0.1) is 39.9 Å². The van der Waals surface area contributed by atoms with Gasteiger partial charge in [-0.3, -0.25) is 0 Å². The zero-order chi connectivity index (χ0) is 26.0. The van der Waals surface area contributed by atoms with E-state index in [0.717, 1.165) is 43.3 Å². The second-order valence-corrected chi connectivity index (χ2v) is 15.1. The van der Waals surface area contributed by atoms with Crippen molar-refractivity contribution in [2.45, 2.75) is 110 Å². The molecular formula is C33H46N2O2. The van der Waals surface area contributed by atoms with Crippen molar-refractivity contribution in [2.75, 3.05) is 6.61 Å². The number of aliphatic hydroxyl groups excluding tert-OH is 1. The molecule has 1 aromatic heterocycles. The number of ether oxygens (including phenoxy) is 1. The molecule has 1 aliphatic heterocycles. The molecule has 4 aliphatic carbocycles. The Bertz CT molecular complexity index is 1250. The van der Waals surface area contributed by atoms with Gasteiger partial charge in [0.1, 0.15) is 0 Å². The van der Waals surface area contributed by atoms with E-state index in [-0.39, 0.29) is 33.4 Å². The van der Waals surface area contributed by atoms with E-state index in [1.165, 1.54) is 37.1 Å². The van der Waals surface area contributed by atoms with Crippen molar-refractivity contribution in [3.63, 3.8) is 0 Å². The molecule has 2 aromatic rings. The maximum absolute atomic E-state index is 12.0. The summed E-state index contributed by atoms with van der Waals surface area (Å²) in [4.78, 5) is 10.5. The van der Waals surface area contributed by atoms with Gasteiger partial charge in [-0.1, -0.05) is 46.8 Å². The molecule has 200 valence electrons. The fraction of sp³-hybridized carbons (Fsp3) is 0.758. The molecule has 3 saturated carbocycles. The Morgan fingerprint density at radius 1 is 0.865 bits per heavy atom. The van der Waals surface area contributed by atoms with E-state index in [4.69, 9.17) is 14.7 Å². The number of hydrogen-bond acceptors (Lipinski definition) is 4. The molecule has 0 amide bonds. The fourth-order valence-electron chi connectivity index (χ4n) is 11.5. The van der Waals surface area contributed by atoms with E-state index in [2.05, 4.69) is 65.8 Å². The molecule has 4 fully saturated rings. The maximum Gasteiger partial charge on any atom is 0.0890 e. The van der Waals surface area contributed by atoms with Crippen molar-refractivity contribution in [3.05, 3.63) is 35.7 Å². The van der Waals surface area contributed by atoms with E-state index >= 15 is 0 Å². The molecule has 4 nitrogen and oxygen atoms in total. The first kappa shape index (κ1) is 24.5. The number of aliphatic hydroxyl groups is 1. The largest absolute Gasteiger partial charge is 0.393 e. The van der Waals surface area contributed by atoms with Crippen molar-refractivity contribution in [3.8, 4) is 0 Å². The number of aromatic nitrogens is 2. The Kier molecular flexibility index (Phi) is 5.01. The van der Waals surface area contributed by atoms with Gasteiger partial charge in [0, 0.05) is 12.0 Å². The van der Waals surface area contributed by atoms with Gasteiger partial charge < -0.3 is 9.84 Å². The lowest BCUT2D eigenvalue weighted by Gasteiger charge is -2.69. The number of benzene rings is 1. The number of rotatable bonds is 1. The summed E-state index contributed by atoms with van der Waals surface area (Å²) in [5.74, 6) is 1.83. The van der Waals surface area contributed by atoms with Crippen LogP contribution in [0.15, 0.2) is 24.3 Å². The number of hydrogen-bond donors (Lipinski definition) is 1. The Balaban J connectivity index is 1.32. The quantitative estimate of drug-likeness (QED) is 0.462. The Labute approximate surface area is 223 Å². The van der Waals surface area contributed by atoms with Gasteiger partial charge in [0.05, 0.1) is 34.1 Å². The molecule has 0 unspecified atom stereocenters. The Morgan fingerprint density at radius 3 is 2.27 bits per heavy atom.